The zero-order chi connectivity index (χ0) is 13.3. The van der Waals surface area contributed by atoms with Gasteiger partial charge in [-0.3, -0.25) is 0 Å². The molecule has 1 aromatic carbocycles. The van der Waals surface area contributed by atoms with Gasteiger partial charge in [0.1, 0.15) is 5.75 Å². The molecule has 18 heavy (non-hydrogen) atoms. The second-order valence-electron chi connectivity index (χ2n) is 4.73. The molecule has 0 saturated heterocycles. The summed E-state index contributed by atoms with van der Waals surface area (Å²) in [4.78, 5) is 2.20. The predicted molar refractivity (Wildman–Crippen MR) is 63.9 cm³/mol. The van der Waals surface area contributed by atoms with E-state index in [1.165, 1.54) is 12.1 Å². The topological polar surface area (TPSA) is 12.5 Å². The first-order valence-electron chi connectivity index (χ1n) is 6.02. The first-order chi connectivity index (χ1) is 8.37. The van der Waals surface area contributed by atoms with Crippen LogP contribution in [0.25, 0.3) is 0 Å². The summed E-state index contributed by atoms with van der Waals surface area (Å²) in [6.07, 6.45) is -2.87. The van der Waals surface area contributed by atoms with Crippen LogP contribution >= 0.6 is 0 Å². The van der Waals surface area contributed by atoms with Gasteiger partial charge in [-0.05, 0) is 50.5 Å². The van der Waals surface area contributed by atoms with Crippen molar-refractivity contribution < 1.29 is 17.9 Å². The number of ether oxygens (including phenoxy) is 1. The molecule has 5 heteroatoms. The maximum absolute atomic E-state index is 12.1. The summed E-state index contributed by atoms with van der Waals surface area (Å²) in [5.74, 6) is -0.133. The van der Waals surface area contributed by atoms with Crippen LogP contribution in [0, 0.1) is 0 Å². The normalized spacial score (nSPS) is 15.8. The Kier molecular flexibility index (Phi) is 3.41. The Labute approximate surface area is 104 Å². The second kappa shape index (κ2) is 4.71. The number of aryl methyl sites for hydroxylation is 1. The van der Waals surface area contributed by atoms with Crippen LogP contribution in [0.3, 0.4) is 0 Å². The van der Waals surface area contributed by atoms with Crippen molar-refractivity contribution in [2.24, 2.45) is 0 Å². The summed E-state index contributed by atoms with van der Waals surface area (Å²) < 4.78 is 40.4. The predicted octanol–water partition coefficient (Wildman–Crippen LogP) is 3.75. The Hall–Kier alpha value is -1.39. The number of hydrogen-bond donors (Lipinski definition) is 0. The summed E-state index contributed by atoms with van der Waals surface area (Å²) in [5, 5.41) is 0. The highest BCUT2D eigenvalue weighted by molar-refractivity contribution is 5.58. The smallest absolute Gasteiger partial charge is 0.406 e. The highest BCUT2D eigenvalue weighted by atomic mass is 19.4. The van der Waals surface area contributed by atoms with Gasteiger partial charge >= 0.3 is 6.36 Å². The molecular formula is C13H16F3NO. The SMILES string of the molecule is CC(C)N1CCCc2cc(OC(F)(F)F)ccc21. The standard InChI is InChI=1S/C13H16F3NO/c1-9(2)17-7-3-4-10-8-11(5-6-12(10)17)18-13(14,15)16/h5-6,8-9H,3-4,7H2,1-2H3. The highest BCUT2D eigenvalue weighted by Gasteiger charge is 2.31. The Morgan fingerprint density at radius 2 is 2.00 bits per heavy atom. The number of hydrogen-bond acceptors (Lipinski definition) is 2. The van der Waals surface area contributed by atoms with Gasteiger partial charge in [0.15, 0.2) is 0 Å². The number of anilines is 1. The minimum Gasteiger partial charge on any atom is -0.406 e. The monoisotopic (exact) mass is 259 g/mol. The number of benzene rings is 1. The average molecular weight is 259 g/mol. The van der Waals surface area contributed by atoms with Crippen molar-refractivity contribution in [3.63, 3.8) is 0 Å². The van der Waals surface area contributed by atoms with E-state index < -0.39 is 6.36 Å². The minimum atomic E-state index is -4.62. The van der Waals surface area contributed by atoms with Gasteiger partial charge in [-0.25, -0.2) is 0 Å². The fourth-order valence-electron chi connectivity index (χ4n) is 2.34. The molecule has 100 valence electrons. The minimum absolute atomic E-state index is 0.133. The summed E-state index contributed by atoms with van der Waals surface area (Å²) in [6.45, 7) is 5.11. The molecule has 0 amide bonds. The molecule has 0 spiro atoms. The molecule has 2 nitrogen and oxygen atoms in total. The fraction of sp³-hybridized carbons (Fsp3) is 0.538. The molecule has 0 aromatic heterocycles. The van der Waals surface area contributed by atoms with E-state index in [4.69, 9.17) is 0 Å². The van der Waals surface area contributed by atoms with Crippen LogP contribution in [0.15, 0.2) is 18.2 Å². The van der Waals surface area contributed by atoms with Crippen LogP contribution in [-0.4, -0.2) is 18.9 Å². The highest BCUT2D eigenvalue weighted by Crippen LogP contribution is 2.33. The van der Waals surface area contributed by atoms with Gasteiger partial charge < -0.3 is 9.64 Å². The Balaban J connectivity index is 2.27. The van der Waals surface area contributed by atoms with Crippen LogP contribution in [-0.2, 0) is 6.42 Å². The Morgan fingerprint density at radius 1 is 1.28 bits per heavy atom. The molecule has 0 radical (unpaired) electrons. The van der Waals surface area contributed by atoms with E-state index in [0.29, 0.717) is 6.04 Å². The molecular weight excluding hydrogens is 243 g/mol. The zero-order valence-electron chi connectivity index (χ0n) is 10.4. The molecule has 0 bridgehead atoms. The number of halogens is 3. The van der Waals surface area contributed by atoms with Crippen molar-refractivity contribution >= 4 is 5.69 Å². The third-order valence-corrected chi connectivity index (χ3v) is 3.06. The third kappa shape index (κ3) is 2.89. The van der Waals surface area contributed by atoms with Crippen molar-refractivity contribution in [3.8, 4) is 5.75 Å². The van der Waals surface area contributed by atoms with E-state index in [-0.39, 0.29) is 5.75 Å². The van der Waals surface area contributed by atoms with Crippen LogP contribution in [0.1, 0.15) is 25.8 Å². The first kappa shape index (κ1) is 13.1. The van der Waals surface area contributed by atoms with E-state index in [2.05, 4.69) is 23.5 Å². The number of nitrogens with zero attached hydrogens (tertiary/aromatic N) is 1. The molecule has 0 N–H and O–H groups in total. The lowest BCUT2D eigenvalue weighted by Crippen LogP contribution is -2.35. The van der Waals surface area contributed by atoms with Crippen molar-refractivity contribution in [2.75, 3.05) is 11.4 Å². The molecule has 1 aromatic rings. The van der Waals surface area contributed by atoms with Crippen molar-refractivity contribution in [2.45, 2.75) is 39.1 Å². The molecule has 0 saturated carbocycles. The van der Waals surface area contributed by atoms with Crippen molar-refractivity contribution in [1.29, 1.82) is 0 Å². The van der Waals surface area contributed by atoms with E-state index >= 15 is 0 Å². The lowest BCUT2D eigenvalue weighted by atomic mass is 10.00. The fourth-order valence-corrected chi connectivity index (χ4v) is 2.34. The first-order valence-corrected chi connectivity index (χ1v) is 6.02. The van der Waals surface area contributed by atoms with E-state index in [9.17, 15) is 13.2 Å². The van der Waals surface area contributed by atoms with Crippen LogP contribution in [0.4, 0.5) is 18.9 Å². The molecule has 0 atom stereocenters. The van der Waals surface area contributed by atoms with Gasteiger partial charge in [0.25, 0.3) is 0 Å². The van der Waals surface area contributed by atoms with Gasteiger partial charge in [0.05, 0.1) is 0 Å². The summed E-state index contributed by atoms with van der Waals surface area (Å²) in [7, 11) is 0. The summed E-state index contributed by atoms with van der Waals surface area (Å²) in [6, 6.07) is 4.94. The van der Waals surface area contributed by atoms with Gasteiger partial charge in [-0.1, -0.05) is 0 Å². The average Bonchev–Trinajstić information content (AvgIpc) is 2.25. The maximum atomic E-state index is 12.1. The van der Waals surface area contributed by atoms with Gasteiger partial charge in [-0.2, -0.15) is 0 Å². The van der Waals surface area contributed by atoms with Crippen LogP contribution < -0.4 is 9.64 Å². The summed E-state index contributed by atoms with van der Waals surface area (Å²) in [5.41, 5.74) is 1.95. The molecule has 2 rings (SSSR count). The lowest BCUT2D eigenvalue weighted by molar-refractivity contribution is -0.274. The Morgan fingerprint density at radius 3 is 2.61 bits per heavy atom. The molecule has 1 aliphatic heterocycles. The largest absolute Gasteiger partial charge is 0.573 e. The molecule has 0 unspecified atom stereocenters. The molecule has 0 fully saturated rings. The molecule has 1 aliphatic rings. The van der Waals surface area contributed by atoms with Gasteiger partial charge in [0.2, 0.25) is 0 Å². The maximum Gasteiger partial charge on any atom is 0.573 e. The molecule has 1 heterocycles. The quantitative estimate of drug-likeness (QED) is 0.802. The van der Waals surface area contributed by atoms with Gasteiger partial charge in [-0.15, -0.1) is 13.2 Å². The lowest BCUT2D eigenvalue weighted by Gasteiger charge is -2.34. The number of rotatable bonds is 2. The Bertz CT molecular complexity index is 429. The van der Waals surface area contributed by atoms with Crippen molar-refractivity contribution in [1.82, 2.24) is 0 Å². The second-order valence-corrected chi connectivity index (χ2v) is 4.73. The van der Waals surface area contributed by atoms with E-state index in [1.807, 2.05) is 0 Å². The van der Waals surface area contributed by atoms with Crippen LogP contribution in [0.2, 0.25) is 0 Å². The molecule has 0 aliphatic carbocycles. The number of fused-ring (bicyclic) bond motifs is 1. The third-order valence-electron chi connectivity index (χ3n) is 3.06. The number of alkyl halides is 3. The zero-order valence-corrected chi connectivity index (χ0v) is 10.4. The van der Waals surface area contributed by atoms with E-state index in [1.54, 1.807) is 6.07 Å². The van der Waals surface area contributed by atoms with Crippen molar-refractivity contribution in [3.05, 3.63) is 23.8 Å². The van der Waals surface area contributed by atoms with Gasteiger partial charge in [0, 0.05) is 18.3 Å². The van der Waals surface area contributed by atoms with E-state index in [0.717, 1.165) is 30.6 Å². The van der Waals surface area contributed by atoms with Crippen LogP contribution in [0.5, 0.6) is 5.75 Å². The summed E-state index contributed by atoms with van der Waals surface area (Å²) >= 11 is 0.